The van der Waals surface area contributed by atoms with Crippen LogP contribution in [0.25, 0.3) is 0 Å². The van der Waals surface area contributed by atoms with E-state index in [1.807, 2.05) is 12.3 Å². The lowest BCUT2D eigenvalue weighted by molar-refractivity contribution is -0.385. The van der Waals surface area contributed by atoms with Crippen LogP contribution in [-0.4, -0.2) is 19.7 Å². The summed E-state index contributed by atoms with van der Waals surface area (Å²) in [6.07, 6.45) is 8.28. The number of anilines is 1. The minimum absolute atomic E-state index is 0.00793. The lowest BCUT2D eigenvalue weighted by Crippen LogP contribution is -2.08. The summed E-state index contributed by atoms with van der Waals surface area (Å²) in [6, 6.07) is 4.06. The number of nitrogens with zero attached hydrogens (tertiary/aromatic N) is 4. The van der Waals surface area contributed by atoms with Crippen LogP contribution in [-0.2, 0) is 6.54 Å². The van der Waals surface area contributed by atoms with Crippen LogP contribution in [0.15, 0.2) is 24.5 Å². The summed E-state index contributed by atoms with van der Waals surface area (Å²) in [5.41, 5.74) is 1.71. The van der Waals surface area contributed by atoms with Gasteiger partial charge in [0.2, 0.25) is 0 Å². The Kier molecular flexibility index (Phi) is 4.04. The summed E-state index contributed by atoms with van der Waals surface area (Å²) in [5, 5.41) is 18.5. The fraction of sp³-hybridized carbons (Fsp3) is 0.467. The van der Waals surface area contributed by atoms with E-state index in [0.29, 0.717) is 18.4 Å². The molecule has 22 heavy (non-hydrogen) atoms. The molecule has 0 unspecified atom stereocenters. The highest BCUT2D eigenvalue weighted by Crippen LogP contribution is 2.28. The minimum Gasteiger partial charge on any atom is -0.364 e. The van der Waals surface area contributed by atoms with Crippen molar-refractivity contribution in [2.24, 2.45) is 0 Å². The van der Waals surface area contributed by atoms with E-state index in [1.54, 1.807) is 6.92 Å². The number of aryl methyl sites for hydroxylation is 1. The minimum atomic E-state index is -0.437. The molecule has 1 N–H and O–H groups in total. The smallest absolute Gasteiger partial charge is 0.287 e. The molecule has 0 aliphatic heterocycles. The van der Waals surface area contributed by atoms with Gasteiger partial charge >= 0.3 is 0 Å². The molecule has 7 heteroatoms. The Hall–Kier alpha value is -2.44. The topological polar surface area (TPSA) is 85.9 Å². The molecule has 0 spiro atoms. The predicted octanol–water partition coefficient (Wildman–Crippen LogP) is 3.22. The Morgan fingerprint density at radius 1 is 1.45 bits per heavy atom. The maximum Gasteiger partial charge on any atom is 0.287 e. The van der Waals surface area contributed by atoms with Gasteiger partial charge in [-0.3, -0.25) is 14.8 Å². The molecule has 2 heterocycles. The number of aromatic nitrogens is 3. The molecule has 7 nitrogen and oxygen atoms in total. The maximum absolute atomic E-state index is 10.7. The van der Waals surface area contributed by atoms with E-state index in [9.17, 15) is 10.1 Å². The average molecular weight is 301 g/mol. The van der Waals surface area contributed by atoms with Crippen molar-refractivity contribution in [3.63, 3.8) is 0 Å². The van der Waals surface area contributed by atoms with E-state index in [0.717, 1.165) is 11.3 Å². The molecule has 3 rings (SSSR count). The molecule has 1 aliphatic carbocycles. The number of hydrogen-bond acceptors (Lipinski definition) is 5. The molecular weight excluding hydrogens is 282 g/mol. The molecule has 1 aliphatic rings. The van der Waals surface area contributed by atoms with Gasteiger partial charge in [-0.25, -0.2) is 4.98 Å². The third-order valence-electron chi connectivity index (χ3n) is 4.07. The SMILES string of the molecule is Cc1cc([N+](=O)[O-])cnc1NCc1ccn(C2CCCC2)n1. The first kappa shape index (κ1) is 14.5. The molecule has 2 aromatic heterocycles. The van der Waals surface area contributed by atoms with Crippen LogP contribution in [0.2, 0.25) is 0 Å². The summed E-state index contributed by atoms with van der Waals surface area (Å²) in [4.78, 5) is 14.4. The highest BCUT2D eigenvalue weighted by atomic mass is 16.6. The normalized spacial score (nSPS) is 15.1. The van der Waals surface area contributed by atoms with Crippen LogP contribution in [0, 0.1) is 17.0 Å². The zero-order valence-corrected chi connectivity index (χ0v) is 12.5. The van der Waals surface area contributed by atoms with Crippen LogP contribution >= 0.6 is 0 Å². The first-order valence-corrected chi connectivity index (χ1v) is 7.52. The highest BCUT2D eigenvalue weighted by molar-refractivity contribution is 5.48. The van der Waals surface area contributed by atoms with Gasteiger partial charge in [0, 0.05) is 12.3 Å². The molecule has 116 valence electrons. The zero-order valence-electron chi connectivity index (χ0n) is 12.5. The van der Waals surface area contributed by atoms with Gasteiger partial charge in [0.05, 0.1) is 23.2 Å². The van der Waals surface area contributed by atoms with Gasteiger partial charge in [-0.2, -0.15) is 5.10 Å². The van der Waals surface area contributed by atoms with Crippen molar-refractivity contribution in [3.8, 4) is 0 Å². The molecule has 0 atom stereocenters. The first-order chi connectivity index (χ1) is 10.6. The highest BCUT2D eigenvalue weighted by Gasteiger charge is 2.17. The average Bonchev–Trinajstić information content (AvgIpc) is 3.16. The monoisotopic (exact) mass is 301 g/mol. The van der Waals surface area contributed by atoms with Gasteiger partial charge in [-0.1, -0.05) is 12.8 Å². The fourth-order valence-electron chi connectivity index (χ4n) is 2.86. The van der Waals surface area contributed by atoms with Gasteiger partial charge in [-0.15, -0.1) is 0 Å². The largest absolute Gasteiger partial charge is 0.364 e. The van der Waals surface area contributed by atoms with E-state index >= 15 is 0 Å². The second-order valence-electron chi connectivity index (χ2n) is 5.70. The van der Waals surface area contributed by atoms with Crippen LogP contribution in [0.4, 0.5) is 11.5 Å². The number of nitro groups is 1. The molecule has 0 aromatic carbocycles. The van der Waals surface area contributed by atoms with Crippen LogP contribution < -0.4 is 5.32 Å². The molecule has 1 saturated carbocycles. The Morgan fingerprint density at radius 3 is 2.91 bits per heavy atom. The molecule has 2 aromatic rings. The van der Waals surface area contributed by atoms with Crippen molar-refractivity contribution in [1.82, 2.24) is 14.8 Å². The number of pyridine rings is 1. The molecule has 0 radical (unpaired) electrons. The Bertz CT molecular complexity index is 676. The standard InChI is InChI=1S/C15H19N5O2/c1-11-8-14(20(21)22)10-17-15(11)16-9-12-6-7-19(18-12)13-4-2-3-5-13/h6-8,10,13H,2-5,9H2,1H3,(H,16,17). The second-order valence-corrected chi connectivity index (χ2v) is 5.70. The van der Waals surface area contributed by atoms with Crippen molar-refractivity contribution in [2.45, 2.75) is 45.2 Å². The van der Waals surface area contributed by atoms with Crippen molar-refractivity contribution in [1.29, 1.82) is 0 Å². The van der Waals surface area contributed by atoms with Crippen molar-refractivity contribution in [2.75, 3.05) is 5.32 Å². The lowest BCUT2D eigenvalue weighted by Gasteiger charge is -2.09. The van der Waals surface area contributed by atoms with Crippen molar-refractivity contribution < 1.29 is 4.92 Å². The Labute approximate surface area is 128 Å². The van der Waals surface area contributed by atoms with Gasteiger partial charge in [0.15, 0.2) is 0 Å². The van der Waals surface area contributed by atoms with Crippen LogP contribution in [0.3, 0.4) is 0 Å². The molecule has 0 bridgehead atoms. The third-order valence-corrected chi connectivity index (χ3v) is 4.07. The lowest BCUT2D eigenvalue weighted by atomic mass is 10.2. The fourth-order valence-corrected chi connectivity index (χ4v) is 2.86. The summed E-state index contributed by atoms with van der Waals surface area (Å²) in [5.74, 6) is 0.654. The van der Waals surface area contributed by atoms with E-state index in [-0.39, 0.29) is 5.69 Å². The van der Waals surface area contributed by atoms with E-state index in [4.69, 9.17) is 0 Å². The van der Waals surface area contributed by atoms with E-state index in [2.05, 4.69) is 20.1 Å². The predicted molar refractivity (Wildman–Crippen MR) is 82.7 cm³/mol. The third kappa shape index (κ3) is 3.08. The first-order valence-electron chi connectivity index (χ1n) is 7.52. The van der Waals surface area contributed by atoms with Crippen molar-refractivity contribution in [3.05, 3.63) is 45.9 Å². The van der Waals surface area contributed by atoms with Gasteiger partial charge < -0.3 is 5.32 Å². The van der Waals surface area contributed by atoms with Crippen LogP contribution in [0.1, 0.15) is 43.0 Å². The molecular formula is C15H19N5O2. The summed E-state index contributed by atoms with van der Waals surface area (Å²) < 4.78 is 2.06. The summed E-state index contributed by atoms with van der Waals surface area (Å²) in [6.45, 7) is 2.37. The van der Waals surface area contributed by atoms with E-state index in [1.165, 1.54) is 37.9 Å². The quantitative estimate of drug-likeness (QED) is 0.677. The van der Waals surface area contributed by atoms with Gasteiger partial charge in [-0.05, 0) is 31.4 Å². The van der Waals surface area contributed by atoms with Gasteiger partial charge in [0.25, 0.3) is 5.69 Å². The maximum atomic E-state index is 10.7. The Morgan fingerprint density at radius 2 is 2.23 bits per heavy atom. The second kappa shape index (κ2) is 6.13. The number of hydrogen-bond donors (Lipinski definition) is 1. The van der Waals surface area contributed by atoms with Crippen molar-refractivity contribution >= 4 is 11.5 Å². The van der Waals surface area contributed by atoms with Crippen LogP contribution in [0.5, 0.6) is 0 Å². The van der Waals surface area contributed by atoms with E-state index < -0.39 is 4.92 Å². The number of rotatable bonds is 5. The Balaban J connectivity index is 1.64. The number of nitrogens with one attached hydrogen (secondary N) is 1. The molecule has 1 fully saturated rings. The molecule has 0 saturated heterocycles. The summed E-state index contributed by atoms with van der Waals surface area (Å²) >= 11 is 0. The summed E-state index contributed by atoms with van der Waals surface area (Å²) in [7, 11) is 0. The van der Waals surface area contributed by atoms with Gasteiger partial charge in [0.1, 0.15) is 12.0 Å². The zero-order chi connectivity index (χ0) is 15.5. The molecule has 0 amide bonds.